The summed E-state index contributed by atoms with van der Waals surface area (Å²) < 4.78 is 31.5. The van der Waals surface area contributed by atoms with E-state index in [1.54, 1.807) is 0 Å². The zero-order valence-electron chi connectivity index (χ0n) is 11.8. The van der Waals surface area contributed by atoms with E-state index in [0.29, 0.717) is 11.8 Å². The minimum absolute atomic E-state index is 0.142. The van der Waals surface area contributed by atoms with Crippen molar-refractivity contribution in [1.82, 2.24) is 0 Å². The fourth-order valence-electron chi connectivity index (χ4n) is 1.73. The fourth-order valence-corrected chi connectivity index (χ4v) is 2.35. The number of nitrogens with zero attached hydrogens (tertiary/aromatic N) is 3. The molecule has 0 unspecified atom stereocenters. The lowest BCUT2D eigenvalue weighted by molar-refractivity contribution is -0.385. The summed E-state index contributed by atoms with van der Waals surface area (Å²) in [7, 11) is -4.91. The van der Waals surface area contributed by atoms with E-state index in [1.165, 1.54) is 18.2 Å². The largest absolute Gasteiger partial charge is 0.504 e. The van der Waals surface area contributed by atoms with Gasteiger partial charge in [0.25, 0.3) is 15.8 Å². The van der Waals surface area contributed by atoms with Crippen LogP contribution in [-0.4, -0.2) is 23.0 Å². The maximum absolute atomic E-state index is 11.2. The summed E-state index contributed by atoms with van der Waals surface area (Å²) in [5, 5.41) is 28.0. The summed E-state index contributed by atoms with van der Waals surface area (Å²) in [5.74, 6) is -0.985. The predicted molar refractivity (Wildman–Crippen MR) is 84.0 cm³/mol. The number of anilines is 2. The molecule has 2 rings (SSSR count). The molecule has 0 fully saturated rings. The van der Waals surface area contributed by atoms with E-state index in [2.05, 4.69) is 10.2 Å². The van der Waals surface area contributed by atoms with E-state index in [9.17, 15) is 23.6 Å². The Kier molecular flexibility index (Phi) is 4.35. The van der Waals surface area contributed by atoms with Crippen LogP contribution in [0.5, 0.6) is 5.75 Å². The molecule has 2 aromatic carbocycles. The molecule has 0 aliphatic carbocycles. The molecule has 0 amide bonds. The van der Waals surface area contributed by atoms with Gasteiger partial charge in [-0.2, -0.15) is 8.42 Å². The Labute approximate surface area is 135 Å². The number of non-ortho nitro benzene ring substituents is 1. The number of nitro groups is 1. The number of aromatic hydroxyl groups is 1. The summed E-state index contributed by atoms with van der Waals surface area (Å²) in [4.78, 5) is 8.88. The van der Waals surface area contributed by atoms with Gasteiger partial charge in [-0.25, -0.2) is 0 Å². The highest BCUT2D eigenvalue weighted by molar-refractivity contribution is 7.86. The second kappa shape index (κ2) is 6.10. The van der Waals surface area contributed by atoms with Crippen molar-refractivity contribution in [2.75, 3.05) is 11.5 Å². The molecule has 0 radical (unpaired) electrons. The van der Waals surface area contributed by atoms with Crippen molar-refractivity contribution in [3.8, 4) is 5.75 Å². The van der Waals surface area contributed by atoms with Crippen LogP contribution in [0.2, 0.25) is 0 Å². The van der Waals surface area contributed by atoms with Gasteiger partial charge >= 0.3 is 0 Å². The third-order valence-corrected chi connectivity index (χ3v) is 3.71. The van der Waals surface area contributed by atoms with Crippen molar-refractivity contribution in [2.45, 2.75) is 4.90 Å². The number of benzene rings is 2. The van der Waals surface area contributed by atoms with Crippen LogP contribution in [0.4, 0.5) is 28.4 Å². The van der Waals surface area contributed by atoms with Crippen molar-refractivity contribution in [1.29, 1.82) is 0 Å². The summed E-state index contributed by atoms with van der Waals surface area (Å²) >= 11 is 0. The van der Waals surface area contributed by atoms with Crippen molar-refractivity contribution < 1.29 is 23.0 Å². The number of nitro benzene ring substituents is 1. The Balaban J connectivity index is 2.59. The third-order valence-electron chi connectivity index (χ3n) is 2.85. The van der Waals surface area contributed by atoms with Gasteiger partial charge in [0.05, 0.1) is 10.6 Å². The smallest absolute Gasteiger partial charge is 0.298 e. The normalized spacial score (nSPS) is 11.7. The average molecular weight is 353 g/mol. The molecule has 0 bridgehead atoms. The van der Waals surface area contributed by atoms with E-state index >= 15 is 0 Å². The van der Waals surface area contributed by atoms with Gasteiger partial charge in [-0.3, -0.25) is 14.7 Å². The van der Waals surface area contributed by atoms with Gasteiger partial charge in [-0.15, -0.1) is 10.2 Å². The van der Waals surface area contributed by atoms with Gasteiger partial charge in [0.15, 0.2) is 5.75 Å². The number of azo groups is 1. The van der Waals surface area contributed by atoms with E-state index in [0.717, 1.165) is 6.07 Å². The Morgan fingerprint density at radius 3 is 2.25 bits per heavy atom. The molecule has 0 aliphatic heterocycles. The number of hydrogen-bond donors (Lipinski definition) is 4. The van der Waals surface area contributed by atoms with Crippen LogP contribution in [-0.2, 0) is 10.1 Å². The standard InChI is InChI=1S/C12H11N5O6S/c13-6-1-2-9(8(14)3-6)15-16-10-4-7(17(19)20)5-11(12(10)18)24(21,22)23/h1-5,18H,13-14H2,(H,21,22,23). The highest BCUT2D eigenvalue weighted by Crippen LogP contribution is 2.38. The Bertz CT molecular complexity index is 957. The van der Waals surface area contributed by atoms with Crippen molar-refractivity contribution >= 4 is 38.6 Å². The summed E-state index contributed by atoms with van der Waals surface area (Å²) in [6, 6.07) is 5.57. The first-order valence-corrected chi connectivity index (χ1v) is 7.59. The summed E-state index contributed by atoms with van der Waals surface area (Å²) in [6.45, 7) is 0. The third kappa shape index (κ3) is 3.56. The molecule has 24 heavy (non-hydrogen) atoms. The zero-order chi connectivity index (χ0) is 18.1. The van der Waals surface area contributed by atoms with Gasteiger partial charge in [-0.05, 0) is 18.2 Å². The minimum Gasteiger partial charge on any atom is -0.504 e. The van der Waals surface area contributed by atoms with Gasteiger partial charge in [0.2, 0.25) is 0 Å². The zero-order valence-corrected chi connectivity index (χ0v) is 12.6. The van der Waals surface area contributed by atoms with Gasteiger partial charge < -0.3 is 16.6 Å². The second-order valence-electron chi connectivity index (χ2n) is 4.56. The first kappa shape index (κ1) is 17.1. The first-order chi connectivity index (χ1) is 11.1. The predicted octanol–water partition coefficient (Wildman–Crippen LogP) is 2.13. The van der Waals surface area contributed by atoms with Crippen LogP contribution in [0.3, 0.4) is 0 Å². The van der Waals surface area contributed by atoms with Crippen molar-refractivity contribution in [2.24, 2.45) is 10.2 Å². The summed E-state index contributed by atoms with van der Waals surface area (Å²) in [5.41, 5.74) is 10.6. The van der Waals surface area contributed by atoms with E-state index in [-0.39, 0.29) is 11.4 Å². The number of phenolic OH excluding ortho intramolecular Hbond substituents is 1. The van der Waals surface area contributed by atoms with Crippen LogP contribution in [0.1, 0.15) is 0 Å². The lowest BCUT2D eigenvalue weighted by Gasteiger charge is -2.04. The average Bonchev–Trinajstić information content (AvgIpc) is 2.46. The number of hydrogen-bond acceptors (Lipinski definition) is 9. The van der Waals surface area contributed by atoms with Crippen molar-refractivity contribution in [3.05, 3.63) is 40.4 Å². The highest BCUT2D eigenvalue weighted by Gasteiger charge is 2.24. The lowest BCUT2D eigenvalue weighted by Crippen LogP contribution is -2.00. The molecule has 0 saturated carbocycles. The van der Waals surface area contributed by atoms with Crippen LogP contribution < -0.4 is 11.5 Å². The second-order valence-corrected chi connectivity index (χ2v) is 5.95. The lowest BCUT2D eigenvalue weighted by atomic mass is 10.2. The quantitative estimate of drug-likeness (QED) is 0.211. The van der Waals surface area contributed by atoms with Crippen LogP contribution in [0.25, 0.3) is 0 Å². The van der Waals surface area contributed by atoms with Crippen LogP contribution in [0, 0.1) is 10.1 Å². The molecule has 6 N–H and O–H groups in total. The molecule has 0 aromatic heterocycles. The van der Waals surface area contributed by atoms with E-state index < -0.39 is 37.1 Å². The maximum atomic E-state index is 11.2. The van der Waals surface area contributed by atoms with E-state index in [4.69, 9.17) is 16.0 Å². The highest BCUT2D eigenvalue weighted by atomic mass is 32.2. The van der Waals surface area contributed by atoms with Gasteiger partial charge in [0.1, 0.15) is 16.3 Å². The van der Waals surface area contributed by atoms with Gasteiger partial charge in [-0.1, -0.05) is 0 Å². The molecule has 0 aliphatic rings. The molecule has 11 nitrogen and oxygen atoms in total. The first-order valence-electron chi connectivity index (χ1n) is 6.15. The topological polar surface area (TPSA) is 194 Å². The molecule has 2 aromatic rings. The molecule has 126 valence electrons. The number of phenols is 1. The Morgan fingerprint density at radius 2 is 1.71 bits per heavy atom. The van der Waals surface area contributed by atoms with Crippen LogP contribution >= 0.6 is 0 Å². The molecular formula is C12H11N5O6S. The molecule has 0 saturated heterocycles. The summed E-state index contributed by atoms with van der Waals surface area (Å²) in [6.07, 6.45) is 0. The SMILES string of the molecule is Nc1ccc(N=Nc2cc([N+](=O)[O-])cc(S(=O)(=O)O)c2O)c(N)c1. The number of nitrogen functional groups attached to an aromatic ring is 2. The Morgan fingerprint density at radius 1 is 1.08 bits per heavy atom. The van der Waals surface area contributed by atoms with Gasteiger partial charge in [0, 0.05) is 17.8 Å². The molecule has 12 heteroatoms. The molecule has 0 spiro atoms. The van der Waals surface area contributed by atoms with Crippen molar-refractivity contribution in [3.63, 3.8) is 0 Å². The number of nitrogens with two attached hydrogens (primary N) is 2. The fraction of sp³-hybridized carbons (Fsp3) is 0. The Hall–Kier alpha value is -3.25. The molecular weight excluding hydrogens is 342 g/mol. The van der Waals surface area contributed by atoms with E-state index in [1.807, 2.05) is 0 Å². The molecule has 0 heterocycles. The van der Waals surface area contributed by atoms with Crippen LogP contribution in [0.15, 0.2) is 45.5 Å². The molecule has 0 atom stereocenters. The minimum atomic E-state index is -4.91. The monoisotopic (exact) mass is 353 g/mol. The number of rotatable bonds is 4. The maximum Gasteiger partial charge on any atom is 0.298 e.